The summed E-state index contributed by atoms with van der Waals surface area (Å²) in [6.07, 6.45) is 0.617. The van der Waals surface area contributed by atoms with E-state index in [9.17, 15) is 0 Å². The van der Waals surface area contributed by atoms with Crippen LogP contribution in [0.5, 0.6) is 0 Å². The molecule has 0 N–H and O–H groups in total. The normalized spacial score (nSPS) is 49.3. The van der Waals surface area contributed by atoms with Gasteiger partial charge < -0.3 is 28.4 Å². The van der Waals surface area contributed by atoms with Gasteiger partial charge in [0.05, 0.1) is 39.6 Å². The Balaban J connectivity index is 1.27. The maximum atomic E-state index is 5.77. The molecule has 4 saturated heterocycles. The second kappa shape index (κ2) is 4.70. The summed E-state index contributed by atoms with van der Waals surface area (Å²) in [5, 5.41) is 0. The third-order valence-electron chi connectivity index (χ3n) is 3.76. The molecule has 4 aliphatic heterocycles. The van der Waals surface area contributed by atoms with Crippen molar-refractivity contribution in [2.45, 2.75) is 36.6 Å². The number of hydrogen-bond donors (Lipinski definition) is 0. The van der Waals surface area contributed by atoms with Crippen molar-refractivity contribution < 1.29 is 28.4 Å². The number of fused-ring (bicyclic) bond motifs is 1. The molecule has 6 atom stereocenters. The van der Waals surface area contributed by atoms with Crippen LogP contribution in [-0.2, 0) is 28.4 Å². The average molecular weight is 258 g/mol. The Morgan fingerprint density at radius 3 is 1.50 bits per heavy atom. The van der Waals surface area contributed by atoms with E-state index in [0.29, 0.717) is 26.4 Å². The minimum absolute atomic E-state index is 0.00821. The fourth-order valence-corrected chi connectivity index (χ4v) is 2.51. The molecule has 18 heavy (non-hydrogen) atoms. The minimum Gasteiger partial charge on any atom is -0.371 e. The van der Waals surface area contributed by atoms with Crippen LogP contribution in [0.2, 0.25) is 0 Å². The third-order valence-corrected chi connectivity index (χ3v) is 3.76. The van der Waals surface area contributed by atoms with Crippen molar-refractivity contribution in [1.82, 2.24) is 0 Å². The van der Waals surface area contributed by atoms with E-state index in [-0.39, 0.29) is 36.6 Å². The lowest BCUT2D eigenvalue weighted by Gasteiger charge is -2.16. The van der Waals surface area contributed by atoms with E-state index in [1.54, 1.807) is 0 Å². The van der Waals surface area contributed by atoms with Gasteiger partial charge >= 0.3 is 0 Å². The van der Waals surface area contributed by atoms with E-state index in [1.165, 1.54) is 0 Å². The van der Waals surface area contributed by atoms with E-state index < -0.39 is 0 Å². The topological polar surface area (TPSA) is 62.0 Å². The molecule has 4 rings (SSSR count). The summed E-state index contributed by atoms with van der Waals surface area (Å²) in [5.74, 6) is 0. The number of ether oxygens (including phenoxy) is 6. The summed E-state index contributed by atoms with van der Waals surface area (Å²) >= 11 is 0. The van der Waals surface area contributed by atoms with Crippen LogP contribution in [0.1, 0.15) is 0 Å². The summed E-state index contributed by atoms with van der Waals surface area (Å²) < 4.78 is 33.3. The zero-order chi connectivity index (χ0) is 11.9. The second-order valence-electron chi connectivity index (χ2n) is 5.25. The zero-order valence-electron chi connectivity index (χ0n) is 10.2. The van der Waals surface area contributed by atoms with Gasteiger partial charge in [-0.2, -0.15) is 0 Å². The molecule has 0 bridgehead atoms. The molecule has 4 fully saturated rings. The van der Waals surface area contributed by atoms with Gasteiger partial charge in [-0.15, -0.1) is 0 Å². The Kier molecular flexibility index (Phi) is 3.02. The van der Waals surface area contributed by atoms with Crippen LogP contribution >= 0.6 is 0 Å². The van der Waals surface area contributed by atoms with Crippen molar-refractivity contribution in [2.24, 2.45) is 0 Å². The number of epoxide rings is 2. The molecule has 0 aliphatic carbocycles. The molecule has 0 unspecified atom stereocenters. The van der Waals surface area contributed by atoms with Crippen LogP contribution < -0.4 is 0 Å². The first-order valence-corrected chi connectivity index (χ1v) is 6.60. The molecule has 6 nitrogen and oxygen atoms in total. The largest absolute Gasteiger partial charge is 0.371 e. The van der Waals surface area contributed by atoms with E-state index in [4.69, 9.17) is 28.4 Å². The molecule has 0 aromatic heterocycles. The summed E-state index contributed by atoms with van der Waals surface area (Å²) in [6.45, 7) is 4.08. The first-order valence-electron chi connectivity index (χ1n) is 6.60. The third kappa shape index (κ3) is 2.41. The fourth-order valence-electron chi connectivity index (χ4n) is 2.51. The molecule has 0 saturated carbocycles. The van der Waals surface area contributed by atoms with Crippen LogP contribution in [0, 0.1) is 0 Å². The Morgan fingerprint density at radius 2 is 1.11 bits per heavy atom. The molecule has 4 heterocycles. The van der Waals surface area contributed by atoms with Gasteiger partial charge in [0.25, 0.3) is 0 Å². The minimum atomic E-state index is 0.00821. The Bertz CT molecular complexity index is 273. The zero-order valence-corrected chi connectivity index (χ0v) is 10.2. The Hall–Kier alpha value is -0.240. The van der Waals surface area contributed by atoms with Gasteiger partial charge in [0, 0.05) is 0 Å². The lowest BCUT2D eigenvalue weighted by molar-refractivity contribution is -0.0541. The molecular formula is C12H18O6. The molecule has 4 aliphatic rings. The predicted molar refractivity (Wildman–Crippen MR) is 58.4 cm³/mol. The fraction of sp³-hybridized carbons (Fsp3) is 1.00. The lowest BCUT2D eigenvalue weighted by atomic mass is 10.1. The maximum Gasteiger partial charge on any atom is 0.115 e. The van der Waals surface area contributed by atoms with Gasteiger partial charge in [-0.1, -0.05) is 0 Å². The first kappa shape index (κ1) is 11.6. The molecule has 0 amide bonds. The molecule has 6 heteroatoms. The van der Waals surface area contributed by atoms with Crippen LogP contribution in [0.25, 0.3) is 0 Å². The van der Waals surface area contributed by atoms with Crippen molar-refractivity contribution in [3.8, 4) is 0 Å². The van der Waals surface area contributed by atoms with Gasteiger partial charge in [-0.25, -0.2) is 0 Å². The van der Waals surface area contributed by atoms with Crippen molar-refractivity contribution in [3.63, 3.8) is 0 Å². The highest BCUT2D eigenvalue weighted by atomic mass is 16.7. The monoisotopic (exact) mass is 258 g/mol. The van der Waals surface area contributed by atoms with Crippen molar-refractivity contribution in [3.05, 3.63) is 0 Å². The van der Waals surface area contributed by atoms with Gasteiger partial charge in [0.1, 0.15) is 36.6 Å². The van der Waals surface area contributed by atoms with Crippen molar-refractivity contribution in [2.75, 3.05) is 39.6 Å². The average Bonchev–Trinajstić information content (AvgIpc) is 3.28. The van der Waals surface area contributed by atoms with Gasteiger partial charge in [-0.3, -0.25) is 0 Å². The Labute approximate surface area is 105 Å². The standard InChI is InChI=1S/C12H18O6/c1-7(13-1)3-15-9-5-17-12-10(6-18-11(9)12)16-4-8-2-14-8/h7-12H,1-6H2/t7-,8-,9-,10+,11-,12+/m0/s1. The number of rotatable bonds is 6. The smallest absolute Gasteiger partial charge is 0.115 e. The van der Waals surface area contributed by atoms with Gasteiger partial charge in [0.2, 0.25) is 0 Å². The SMILES string of the molecule is C1O[C@@H]1CO[C@H]1CO[C@H]2[C@H]1OC[C@H]2OC[C@@H]1CO1. The van der Waals surface area contributed by atoms with E-state index >= 15 is 0 Å². The second-order valence-corrected chi connectivity index (χ2v) is 5.25. The summed E-state index contributed by atoms with van der Waals surface area (Å²) in [7, 11) is 0. The quantitative estimate of drug-likeness (QED) is 0.590. The maximum absolute atomic E-state index is 5.77. The van der Waals surface area contributed by atoms with Gasteiger partial charge in [-0.05, 0) is 0 Å². The molecule has 102 valence electrons. The highest BCUT2D eigenvalue weighted by Crippen LogP contribution is 2.31. The molecule has 0 aromatic carbocycles. The number of hydrogen-bond acceptors (Lipinski definition) is 6. The highest BCUT2D eigenvalue weighted by molar-refractivity contribution is 4.96. The summed E-state index contributed by atoms with van der Waals surface area (Å²) in [6, 6.07) is 0. The first-order chi connectivity index (χ1) is 8.90. The van der Waals surface area contributed by atoms with E-state index in [0.717, 1.165) is 13.2 Å². The van der Waals surface area contributed by atoms with Crippen LogP contribution in [0.3, 0.4) is 0 Å². The van der Waals surface area contributed by atoms with Crippen molar-refractivity contribution >= 4 is 0 Å². The molecule has 0 spiro atoms. The van der Waals surface area contributed by atoms with Crippen molar-refractivity contribution in [1.29, 1.82) is 0 Å². The van der Waals surface area contributed by atoms with Crippen LogP contribution in [0.4, 0.5) is 0 Å². The van der Waals surface area contributed by atoms with Gasteiger partial charge in [0.15, 0.2) is 0 Å². The van der Waals surface area contributed by atoms with Crippen LogP contribution in [0.15, 0.2) is 0 Å². The summed E-state index contributed by atoms with van der Waals surface area (Å²) in [5.41, 5.74) is 0. The van der Waals surface area contributed by atoms with Crippen LogP contribution in [-0.4, -0.2) is 76.3 Å². The van der Waals surface area contributed by atoms with E-state index in [1.807, 2.05) is 0 Å². The summed E-state index contributed by atoms with van der Waals surface area (Å²) in [4.78, 5) is 0. The Morgan fingerprint density at radius 1 is 0.667 bits per heavy atom. The lowest BCUT2D eigenvalue weighted by Crippen LogP contribution is -2.35. The molecular weight excluding hydrogens is 240 g/mol. The van der Waals surface area contributed by atoms with E-state index in [2.05, 4.69) is 0 Å². The predicted octanol–water partition coefficient (Wildman–Crippen LogP) is -0.648. The molecule has 0 radical (unpaired) electrons. The highest BCUT2D eigenvalue weighted by Gasteiger charge is 2.49. The molecule has 0 aromatic rings.